The summed E-state index contributed by atoms with van der Waals surface area (Å²) in [4.78, 5) is 0. The second kappa shape index (κ2) is 4.67. The van der Waals surface area contributed by atoms with Gasteiger partial charge in [-0.15, -0.1) is 0 Å². The van der Waals surface area contributed by atoms with Crippen molar-refractivity contribution in [3.05, 3.63) is 52.7 Å². The van der Waals surface area contributed by atoms with Crippen molar-refractivity contribution in [1.29, 1.82) is 0 Å². The van der Waals surface area contributed by atoms with E-state index >= 15 is 0 Å². The number of hydrogen-bond donors (Lipinski definition) is 1. The fourth-order valence-corrected chi connectivity index (χ4v) is 2.86. The molecular weight excluding hydrogens is 286 g/mol. The van der Waals surface area contributed by atoms with Crippen LogP contribution in [0.5, 0.6) is 0 Å². The topological polar surface area (TPSA) is 43.0 Å². The van der Waals surface area contributed by atoms with Crippen LogP contribution in [0, 0.1) is 6.92 Å². The fourth-order valence-electron chi connectivity index (χ4n) is 2.69. The number of nitrogens with zero attached hydrogens (tertiary/aromatic N) is 2. The van der Waals surface area contributed by atoms with E-state index in [1.54, 1.807) is 6.26 Å². The summed E-state index contributed by atoms with van der Waals surface area (Å²) in [7, 11) is 0. The second-order valence-electron chi connectivity index (χ2n) is 5.18. The highest BCUT2D eigenvalue weighted by Crippen LogP contribution is 2.35. The molecule has 0 saturated heterocycles. The minimum Gasteiger partial charge on any atom is -0.463 e. The van der Waals surface area contributed by atoms with E-state index in [1.165, 1.54) is 5.56 Å². The number of furan rings is 1. The van der Waals surface area contributed by atoms with E-state index in [2.05, 4.69) is 5.32 Å². The van der Waals surface area contributed by atoms with E-state index < -0.39 is 0 Å². The number of aromatic nitrogens is 2. The third-order valence-corrected chi connectivity index (χ3v) is 4.21. The summed E-state index contributed by atoms with van der Waals surface area (Å²) in [6, 6.07) is 9.79. The lowest BCUT2D eigenvalue weighted by atomic mass is 10.1. The van der Waals surface area contributed by atoms with Gasteiger partial charge in [-0.3, -0.25) is 0 Å². The molecule has 1 aliphatic rings. The maximum atomic E-state index is 6.24. The maximum Gasteiger partial charge on any atom is 0.154 e. The van der Waals surface area contributed by atoms with E-state index in [0.717, 1.165) is 46.5 Å². The zero-order valence-corrected chi connectivity index (χ0v) is 12.3. The molecular formula is C16H14ClN3O. The summed E-state index contributed by atoms with van der Waals surface area (Å²) in [5.74, 6) is 1.83. The van der Waals surface area contributed by atoms with Crippen LogP contribution in [0.2, 0.25) is 5.02 Å². The molecule has 1 aliphatic heterocycles. The van der Waals surface area contributed by atoms with Crippen LogP contribution in [0.1, 0.15) is 11.1 Å². The van der Waals surface area contributed by atoms with Gasteiger partial charge in [0.05, 0.1) is 12.0 Å². The molecule has 2 aromatic heterocycles. The van der Waals surface area contributed by atoms with Crippen molar-refractivity contribution in [2.45, 2.75) is 13.3 Å². The van der Waals surface area contributed by atoms with Gasteiger partial charge >= 0.3 is 0 Å². The van der Waals surface area contributed by atoms with Crippen LogP contribution in [0.15, 0.2) is 41.0 Å². The fraction of sp³-hybridized carbons (Fsp3) is 0.188. The molecule has 106 valence electrons. The second-order valence-corrected chi connectivity index (χ2v) is 5.58. The first-order chi connectivity index (χ1) is 10.2. The number of rotatable bonds is 2. The summed E-state index contributed by atoms with van der Waals surface area (Å²) in [5.41, 5.74) is 4.11. The average Bonchev–Trinajstić information content (AvgIpc) is 3.17. The van der Waals surface area contributed by atoms with Crippen molar-refractivity contribution in [3.8, 4) is 17.1 Å². The lowest BCUT2D eigenvalue weighted by Gasteiger charge is -2.07. The van der Waals surface area contributed by atoms with Gasteiger partial charge in [-0.1, -0.05) is 17.7 Å². The Hall–Kier alpha value is -2.20. The van der Waals surface area contributed by atoms with Crippen LogP contribution in [-0.2, 0) is 6.42 Å². The predicted octanol–water partition coefficient (Wildman–Crippen LogP) is 4.06. The Morgan fingerprint density at radius 2 is 2.24 bits per heavy atom. The van der Waals surface area contributed by atoms with Crippen LogP contribution in [0.3, 0.4) is 0 Å². The van der Waals surface area contributed by atoms with Gasteiger partial charge in [0.25, 0.3) is 0 Å². The SMILES string of the molecule is Cc1ccc(-n2nc(-c3ccco3)c3c2NCC3)cc1Cl. The third-order valence-electron chi connectivity index (χ3n) is 3.81. The minimum absolute atomic E-state index is 0.745. The van der Waals surface area contributed by atoms with E-state index in [1.807, 2.05) is 41.9 Å². The molecule has 0 radical (unpaired) electrons. The van der Waals surface area contributed by atoms with Crippen LogP contribution in [0.4, 0.5) is 5.82 Å². The van der Waals surface area contributed by atoms with Gasteiger partial charge in [0, 0.05) is 17.1 Å². The first-order valence-electron chi connectivity index (χ1n) is 6.90. The molecule has 4 nitrogen and oxygen atoms in total. The van der Waals surface area contributed by atoms with Gasteiger partial charge in [0.2, 0.25) is 0 Å². The van der Waals surface area contributed by atoms with Crippen LogP contribution >= 0.6 is 11.6 Å². The van der Waals surface area contributed by atoms with Crippen LogP contribution < -0.4 is 5.32 Å². The van der Waals surface area contributed by atoms with Crippen molar-refractivity contribution >= 4 is 17.4 Å². The van der Waals surface area contributed by atoms with Gasteiger partial charge in [-0.2, -0.15) is 5.10 Å². The zero-order valence-electron chi connectivity index (χ0n) is 11.6. The number of hydrogen-bond acceptors (Lipinski definition) is 3. The Balaban J connectivity index is 1.90. The molecule has 3 aromatic rings. The van der Waals surface area contributed by atoms with Crippen LogP contribution in [-0.4, -0.2) is 16.3 Å². The molecule has 21 heavy (non-hydrogen) atoms. The average molecular weight is 300 g/mol. The van der Waals surface area contributed by atoms with Crippen molar-refractivity contribution in [2.75, 3.05) is 11.9 Å². The Labute approximate surface area is 127 Å². The molecule has 0 atom stereocenters. The van der Waals surface area contributed by atoms with Gasteiger partial charge < -0.3 is 9.73 Å². The number of nitrogens with one attached hydrogen (secondary N) is 1. The molecule has 0 bridgehead atoms. The van der Waals surface area contributed by atoms with Gasteiger partial charge in [0.15, 0.2) is 5.76 Å². The molecule has 0 saturated carbocycles. The molecule has 0 spiro atoms. The summed E-state index contributed by atoms with van der Waals surface area (Å²) in [6.45, 7) is 2.91. The largest absolute Gasteiger partial charge is 0.463 e. The molecule has 1 N–H and O–H groups in total. The Kier molecular flexibility index (Phi) is 2.79. The lowest BCUT2D eigenvalue weighted by Crippen LogP contribution is -2.04. The number of benzene rings is 1. The molecule has 0 unspecified atom stereocenters. The maximum absolute atomic E-state index is 6.24. The van der Waals surface area contributed by atoms with E-state index in [9.17, 15) is 0 Å². The molecule has 0 fully saturated rings. The van der Waals surface area contributed by atoms with E-state index in [4.69, 9.17) is 21.1 Å². The molecule has 0 aliphatic carbocycles. The summed E-state index contributed by atoms with van der Waals surface area (Å²) < 4.78 is 7.42. The molecule has 3 heterocycles. The van der Waals surface area contributed by atoms with Crippen LogP contribution in [0.25, 0.3) is 17.1 Å². The standard InChI is InChI=1S/C16H14ClN3O/c1-10-4-5-11(9-13(10)17)20-16-12(6-7-18-16)15(19-20)14-3-2-8-21-14/h2-5,8-9,18H,6-7H2,1H3. The Morgan fingerprint density at radius 1 is 1.33 bits per heavy atom. The minimum atomic E-state index is 0.745. The summed E-state index contributed by atoms with van der Waals surface area (Å²) in [5, 5.41) is 8.86. The lowest BCUT2D eigenvalue weighted by molar-refractivity contribution is 0.578. The first kappa shape index (κ1) is 12.5. The monoisotopic (exact) mass is 299 g/mol. The number of anilines is 1. The Bertz CT molecular complexity index is 805. The molecule has 1 aromatic carbocycles. The highest BCUT2D eigenvalue weighted by atomic mass is 35.5. The van der Waals surface area contributed by atoms with Crippen molar-refractivity contribution in [2.24, 2.45) is 0 Å². The van der Waals surface area contributed by atoms with Gasteiger partial charge in [0.1, 0.15) is 11.5 Å². The van der Waals surface area contributed by atoms with Crippen molar-refractivity contribution < 1.29 is 4.42 Å². The van der Waals surface area contributed by atoms with Gasteiger partial charge in [-0.25, -0.2) is 4.68 Å². The Morgan fingerprint density at radius 3 is 3.00 bits per heavy atom. The normalized spacial score (nSPS) is 13.2. The van der Waals surface area contributed by atoms with Crippen molar-refractivity contribution in [3.63, 3.8) is 0 Å². The van der Waals surface area contributed by atoms with Crippen molar-refractivity contribution in [1.82, 2.24) is 9.78 Å². The third kappa shape index (κ3) is 1.94. The molecule has 4 rings (SSSR count). The highest BCUT2D eigenvalue weighted by molar-refractivity contribution is 6.31. The predicted molar refractivity (Wildman–Crippen MR) is 83.2 cm³/mol. The van der Waals surface area contributed by atoms with E-state index in [0.29, 0.717) is 0 Å². The van der Waals surface area contributed by atoms with Gasteiger partial charge in [-0.05, 0) is 43.2 Å². The van der Waals surface area contributed by atoms with E-state index in [-0.39, 0.29) is 0 Å². The smallest absolute Gasteiger partial charge is 0.154 e. The quantitative estimate of drug-likeness (QED) is 0.776. The highest BCUT2D eigenvalue weighted by Gasteiger charge is 2.25. The number of fused-ring (bicyclic) bond motifs is 1. The molecule has 0 amide bonds. The zero-order chi connectivity index (χ0) is 14.4. The summed E-state index contributed by atoms with van der Waals surface area (Å²) >= 11 is 6.24. The summed E-state index contributed by atoms with van der Waals surface area (Å²) in [6.07, 6.45) is 2.62. The number of halogens is 1. The first-order valence-corrected chi connectivity index (χ1v) is 7.28. The molecule has 5 heteroatoms. The number of aryl methyl sites for hydroxylation is 1.